The lowest BCUT2D eigenvalue weighted by molar-refractivity contribution is 0.152. The molecule has 8 heteroatoms. The number of hydrogen-bond donors (Lipinski definition) is 1. The van der Waals surface area contributed by atoms with Crippen molar-refractivity contribution in [2.24, 2.45) is 5.73 Å². The molecule has 2 rings (SSSR count). The summed E-state index contributed by atoms with van der Waals surface area (Å²) in [4.78, 5) is 19.2. The first-order chi connectivity index (χ1) is 9.11. The van der Waals surface area contributed by atoms with Gasteiger partial charge in [-0.05, 0) is 6.07 Å². The molecule has 6 nitrogen and oxygen atoms in total. The van der Waals surface area contributed by atoms with Crippen LogP contribution in [0.4, 0.5) is 4.79 Å². The van der Waals surface area contributed by atoms with E-state index in [9.17, 15) is 4.79 Å². The smallest absolute Gasteiger partial charge is 0.404 e. The number of nitrogens with two attached hydrogens (primary N) is 1. The topological polar surface area (TPSA) is 83.0 Å². The van der Waals surface area contributed by atoms with Crippen LogP contribution in [0.2, 0.25) is 5.02 Å². The maximum absolute atomic E-state index is 10.6. The van der Waals surface area contributed by atoms with Gasteiger partial charge in [-0.2, -0.15) is 0 Å². The third-order valence-corrected chi connectivity index (χ3v) is 2.90. The number of alkyl halides is 1. The summed E-state index contributed by atoms with van der Waals surface area (Å²) in [7, 11) is 0. The Bertz CT molecular complexity index is 600. The summed E-state index contributed by atoms with van der Waals surface area (Å²) in [6.07, 6.45) is 1.33. The lowest BCUT2D eigenvalue weighted by atomic mass is 10.4. The molecule has 102 valence electrons. The maximum atomic E-state index is 10.6. The minimum absolute atomic E-state index is 0.153. The zero-order valence-electron chi connectivity index (χ0n) is 9.97. The number of aromatic nitrogens is 3. The molecule has 0 spiro atoms. The number of imidazole rings is 1. The van der Waals surface area contributed by atoms with Crippen molar-refractivity contribution in [1.82, 2.24) is 14.5 Å². The Hall–Kier alpha value is -1.53. The SMILES string of the molecule is NC(=O)OCCn1c(CCCl)nc2cc(Cl)cnc21. The van der Waals surface area contributed by atoms with Crippen LogP contribution in [-0.2, 0) is 17.7 Å². The number of rotatable bonds is 5. The van der Waals surface area contributed by atoms with Crippen LogP contribution < -0.4 is 5.73 Å². The Kier molecular flexibility index (Phi) is 4.44. The fraction of sp³-hybridized carbons (Fsp3) is 0.364. The molecular formula is C11H12Cl2N4O2. The molecule has 0 aliphatic heterocycles. The first kappa shape index (κ1) is 13.9. The van der Waals surface area contributed by atoms with E-state index in [0.29, 0.717) is 35.0 Å². The molecule has 2 N–H and O–H groups in total. The average molecular weight is 303 g/mol. The predicted molar refractivity (Wildman–Crippen MR) is 72.5 cm³/mol. The summed E-state index contributed by atoms with van der Waals surface area (Å²) < 4.78 is 6.57. The number of nitrogens with zero attached hydrogens (tertiary/aromatic N) is 3. The van der Waals surface area contributed by atoms with E-state index in [1.54, 1.807) is 12.3 Å². The molecule has 2 heterocycles. The zero-order valence-corrected chi connectivity index (χ0v) is 11.5. The molecule has 19 heavy (non-hydrogen) atoms. The van der Waals surface area contributed by atoms with Gasteiger partial charge in [-0.25, -0.2) is 14.8 Å². The standard InChI is InChI=1S/C11H12Cl2N4O2/c12-2-1-9-16-8-5-7(13)6-15-10(8)17(9)3-4-19-11(14)18/h5-6H,1-4H2,(H2,14,18). The normalized spacial score (nSPS) is 10.8. The fourth-order valence-electron chi connectivity index (χ4n) is 1.78. The Morgan fingerprint density at radius 3 is 3.00 bits per heavy atom. The largest absolute Gasteiger partial charge is 0.448 e. The highest BCUT2D eigenvalue weighted by atomic mass is 35.5. The van der Waals surface area contributed by atoms with Crippen LogP contribution in [0.25, 0.3) is 11.2 Å². The van der Waals surface area contributed by atoms with Crippen molar-refractivity contribution in [3.05, 3.63) is 23.1 Å². The van der Waals surface area contributed by atoms with Gasteiger partial charge in [0.25, 0.3) is 0 Å². The number of primary amides is 1. The van der Waals surface area contributed by atoms with Gasteiger partial charge in [0.05, 0.1) is 11.6 Å². The second-order valence-corrected chi connectivity index (χ2v) is 4.60. The number of pyridine rings is 1. The maximum Gasteiger partial charge on any atom is 0.404 e. The highest BCUT2D eigenvalue weighted by Crippen LogP contribution is 2.18. The van der Waals surface area contributed by atoms with Crippen LogP contribution in [0.15, 0.2) is 12.3 Å². The van der Waals surface area contributed by atoms with Gasteiger partial charge in [-0.1, -0.05) is 11.6 Å². The van der Waals surface area contributed by atoms with E-state index in [1.165, 1.54) is 0 Å². The third kappa shape index (κ3) is 3.27. The predicted octanol–water partition coefficient (Wildman–Crippen LogP) is 1.96. The molecule has 0 aromatic carbocycles. The second-order valence-electron chi connectivity index (χ2n) is 3.78. The van der Waals surface area contributed by atoms with Crippen LogP contribution in [0.3, 0.4) is 0 Å². The Morgan fingerprint density at radius 1 is 1.53 bits per heavy atom. The summed E-state index contributed by atoms with van der Waals surface area (Å²) in [5, 5.41) is 0.517. The van der Waals surface area contributed by atoms with E-state index >= 15 is 0 Å². The number of ether oxygens (including phenoxy) is 1. The van der Waals surface area contributed by atoms with Crippen LogP contribution >= 0.6 is 23.2 Å². The Balaban J connectivity index is 2.31. The summed E-state index contributed by atoms with van der Waals surface area (Å²) in [6, 6.07) is 1.73. The van der Waals surface area contributed by atoms with Crippen LogP contribution in [-0.4, -0.2) is 33.1 Å². The molecule has 2 aromatic heterocycles. The first-order valence-electron chi connectivity index (χ1n) is 5.60. The zero-order chi connectivity index (χ0) is 13.8. The van der Waals surface area contributed by atoms with E-state index in [-0.39, 0.29) is 6.61 Å². The number of halogens is 2. The number of hydrogen-bond acceptors (Lipinski definition) is 4. The van der Waals surface area contributed by atoms with Crippen LogP contribution in [0, 0.1) is 0 Å². The van der Waals surface area contributed by atoms with E-state index in [1.807, 2.05) is 4.57 Å². The van der Waals surface area contributed by atoms with Crippen molar-refractivity contribution in [2.45, 2.75) is 13.0 Å². The monoisotopic (exact) mass is 302 g/mol. The fourth-order valence-corrected chi connectivity index (χ4v) is 2.10. The Labute approximate surface area is 119 Å². The van der Waals surface area contributed by atoms with Gasteiger partial charge in [-0.15, -0.1) is 11.6 Å². The molecule has 0 unspecified atom stereocenters. The number of carbonyl (C=O) groups excluding carboxylic acids is 1. The molecule has 0 radical (unpaired) electrons. The first-order valence-corrected chi connectivity index (χ1v) is 6.52. The number of aryl methyl sites for hydroxylation is 1. The molecule has 1 amide bonds. The van der Waals surface area contributed by atoms with Crippen molar-refractivity contribution < 1.29 is 9.53 Å². The summed E-state index contributed by atoms with van der Waals surface area (Å²) in [5.41, 5.74) is 6.29. The molecule has 2 aromatic rings. The molecule has 0 saturated carbocycles. The number of fused-ring (bicyclic) bond motifs is 1. The summed E-state index contributed by atoms with van der Waals surface area (Å²) >= 11 is 11.6. The lowest BCUT2D eigenvalue weighted by Crippen LogP contribution is -2.18. The highest BCUT2D eigenvalue weighted by Gasteiger charge is 2.12. The second kappa shape index (κ2) is 6.08. The van der Waals surface area contributed by atoms with E-state index in [0.717, 1.165) is 5.82 Å². The quantitative estimate of drug-likeness (QED) is 0.856. The van der Waals surface area contributed by atoms with Gasteiger partial charge in [0, 0.05) is 18.5 Å². The third-order valence-electron chi connectivity index (χ3n) is 2.51. The van der Waals surface area contributed by atoms with Gasteiger partial charge < -0.3 is 15.0 Å². The molecule has 0 aliphatic carbocycles. The van der Waals surface area contributed by atoms with Crippen molar-refractivity contribution >= 4 is 40.5 Å². The van der Waals surface area contributed by atoms with Crippen molar-refractivity contribution in [2.75, 3.05) is 12.5 Å². The van der Waals surface area contributed by atoms with Gasteiger partial charge >= 0.3 is 6.09 Å². The van der Waals surface area contributed by atoms with E-state index in [4.69, 9.17) is 33.7 Å². The molecule has 0 aliphatic rings. The lowest BCUT2D eigenvalue weighted by Gasteiger charge is -2.07. The number of carbonyl (C=O) groups is 1. The Morgan fingerprint density at radius 2 is 2.32 bits per heavy atom. The molecule has 0 atom stereocenters. The van der Waals surface area contributed by atoms with Crippen molar-refractivity contribution in [3.8, 4) is 0 Å². The molecule has 0 saturated heterocycles. The molecular weight excluding hydrogens is 291 g/mol. The van der Waals surface area contributed by atoms with Crippen molar-refractivity contribution in [1.29, 1.82) is 0 Å². The van der Waals surface area contributed by atoms with Gasteiger partial charge in [-0.3, -0.25) is 0 Å². The van der Waals surface area contributed by atoms with E-state index < -0.39 is 6.09 Å². The average Bonchev–Trinajstić information content (AvgIpc) is 2.66. The van der Waals surface area contributed by atoms with Gasteiger partial charge in [0.15, 0.2) is 5.65 Å². The van der Waals surface area contributed by atoms with E-state index in [2.05, 4.69) is 9.97 Å². The van der Waals surface area contributed by atoms with Crippen molar-refractivity contribution in [3.63, 3.8) is 0 Å². The van der Waals surface area contributed by atoms with Gasteiger partial charge in [0.1, 0.15) is 17.9 Å². The minimum atomic E-state index is -0.806. The summed E-state index contributed by atoms with van der Waals surface area (Å²) in [5.74, 6) is 1.21. The highest BCUT2D eigenvalue weighted by molar-refractivity contribution is 6.31. The molecule has 0 fully saturated rings. The number of amides is 1. The van der Waals surface area contributed by atoms with Crippen LogP contribution in [0.5, 0.6) is 0 Å². The minimum Gasteiger partial charge on any atom is -0.448 e. The van der Waals surface area contributed by atoms with Crippen LogP contribution in [0.1, 0.15) is 5.82 Å². The summed E-state index contributed by atoms with van der Waals surface area (Å²) in [6.45, 7) is 0.570. The van der Waals surface area contributed by atoms with Gasteiger partial charge in [0.2, 0.25) is 0 Å². The molecule has 0 bridgehead atoms.